The van der Waals surface area contributed by atoms with Crippen LogP contribution in [0.5, 0.6) is 0 Å². The summed E-state index contributed by atoms with van der Waals surface area (Å²) in [4.78, 5) is 23.1. The third kappa shape index (κ3) is 3.79. The molecule has 0 saturated heterocycles. The third-order valence-corrected chi connectivity index (χ3v) is 3.12. The van der Waals surface area contributed by atoms with Crippen molar-refractivity contribution in [2.45, 2.75) is 39.7 Å². The summed E-state index contributed by atoms with van der Waals surface area (Å²) in [6, 6.07) is 3.28. The van der Waals surface area contributed by atoms with E-state index in [0.29, 0.717) is 0 Å². The molecule has 1 aromatic carbocycles. The molecule has 110 valence electrons. The molecule has 0 spiro atoms. The molecular weight excluding hydrogens is 261 g/mol. The zero-order valence-electron chi connectivity index (χ0n) is 12.1. The molecule has 4 nitrogen and oxygen atoms in total. The average Bonchev–Trinajstić information content (AvgIpc) is 2.34. The summed E-state index contributed by atoms with van der Waals surface area (Å²) in [7, 11) is 0. The molecule has 0 aliphatic heterocycles. The first kappa shape index (κ1) is 16.1. The van der Waals surface area contributed by atoms with Crippen LogP contribution < -0.4 is 5.32 Å². The van der Waals surface area contributed by atoms with Crippen LogP contribution in [0.1, 0.15) is 49.5 Å². The van der Waals surface area contributed by atoms with Crippen molar-refractivity contribution < 1.29 is 19.1 Å². The summed E-state index contributed by atoms with van der Waals surface area (Å²) in [6.45, 7) is 7.23. The number of aliphatic carboxylic acids is 1. The maximum absolute atomic E-state index is 13.7. The first-order valence-corrected chi connectivity index (χ1v) is 6.57. The van der Waals surface area contributed by atoms with E-state index in [0.717, 1.165) is 5.56 Å². The molecule has 2 N–H and O–H groups in total. The first-order valence-electron chi connectivity index (χ1n) is 6.57. The Morgan fingerprint density at radius 1 is 1.20 bits per heavy atom. The number of hydrogen-bond donors (Lipinski definition) is 2. The predicted molar refractivity (Wildman–Crippen MR) is 74.2 cm³/mol. The van der Waals surface area contributed by atoms with Gasteiger partial charge in [0.25, 0.3) is 5.91 Å². The van der Waals surface area contributed by atoms with Crippen molar-refractivity contribution in [3.05, 3.63) is 35.1 Å². The van der Waals surface area contributed by atoms with Crippen molar-refractivity contribution in [3.63, 3.8) is 0 Å². The molecule has 0 bridgehead atoms. The molecule has 0 aliphatic carbocycles. The highest BCUT2D eigenvalue weighted by Crippen LogP contribution is 2.18. The lowest BCUT2D eigenvalue weighted by Gasteiger charge is -2.18. The lowest BCUT2D eigenvalue weighted by molar-refractivity contribution is -0.140. The van der Waals surface area contributed by atoms with E-state index in [-0.39, 0.29) is 17.4 Å². The highest BCUT2D eigenvalue weighted by molar-refractivity contribution is 5.97. The van der Waals surface area contributed by atoms with Gasteiger partial charge in [-0.15, -0.1) is 0 Å². The monoisotopic (exact) mass is 281 g/mol. The van der Waals surface area contributed by atoms with Gasteiger partial charge >= 0.3 is 5.97 Å². The van der Waals surface area contributed by atoms with E-state index in [1.54, 1.807) is 19.9 Å². The SMILES string of the molecule is CC(C)c1ccc(F)c(C(=O)NC(C(=O)O)C(C)C)c1. The van der Waals surface area contributed by atoms with E-state index in [4.69, 9.17) is 5.11 Å². The smallest absolute Gasteiger partial charge is 0.326 e. The van der Waals surface area contributed by atoms with E-state index in [2.05, 4.69) is 5.32 Å². The van der Waals surface area contributed by atoms with Crippen molar-refractivity contribution in [2.24, 2.45) is 5.92 Å². The Balaban J connectivity index is 3.02. The number of nitrogens with one attached hydrogen (secondary N) is 1. The number of carboxylic acid groups (broad SMARTS) is 1. The predicted octanol–water partition coefficient (Wildman–Crippen LogP) is 2.79. The lowest BCUT2D eigenvalue weighted by atomic mass is 9.99. The van der Waals surface area contributed by atoms with Crippen LogP contribution >= 0.6 is 0 Å². The third-order valence-electron chi connectivity index (χ3n) is 3.12. The second kappa shape index (κ2) is 6.50. The number of carbonyl (C=O) groups is 2. The zero-order valence-corrected chi connectivity index (χ0v) is 12.1. The molecule has 1 rings (SSSR count). The van der Waals surface area contributed by atoms with E-state index < -0.39 is 23.7 Å². The van der Waals surface area contributed by atoms with Crippen molar-refractivity contribution in [1.82, 2.24) is 5.32 Å². The van der Waals surface area contributed by atoms with Crippen LogP contribution in [0, 0.1) is 11.7 Å². The molecule has 0 radical (unpaired) electrons. The summed E-state index contributed by atoms with van der Waals surface area (Å²) in [6.07, 6.45) is 0. The van der Waals surface area contributed by atoms with Gasteiger partial charge in [0.2, 0.25) is 0 Å². The lowest BCUT2D eigenvalue weighted by Crippen LogP contribution is -2.44. The quantitative estimate of drug-likeness (QED) is 0.872. The highest BCUT2D eigenvalue weighted by Gasteiger charge is 2.25. The zero-order chi connectivity index (χ0) is 15.4. The second-order valence-corrected chi connectivity index (χ2v) is 5.43. The van der Waals surface area contributed by atoms with E-state index in [1.807, 2.05) is 13.8 Å². The van der Waals surface area contributed by atoms with E-state index in [1.165, 1.54) is 12.1 Å². The number of carbonyl (C=O) groups excluding carboxylic acids is 1. The standard InChI is InChI=1S/C15H20FNO3/c1-8(2)10-5-6-12(16)11(7-10)14(18)17-13(9(3)4)15(19)20/h5-9,13H,1-4H3,(H,17,18)(H,19,20). The van der Waals surface area contributed by atoms with Crippen molar-refractivity contribution in [1.29, 1.82) is 0 Å². The summed E-state index contributed by atoms with van der Waals surface area (Å²) >= 11 is 0. The van der Waals surface area contributed by atoms with Crippen molar-refractivity contribution in [2.75, 3.05) is 0 Å². The molecule has 1 atom stereocenters. The van der Waals surface area contributed by atoms with Crippen LogP contribution in [0.3, 0.4) is 0 Å². The largest absolute Gasteiger partial charge is 0.480 e. The minimum absolute atomic E-state index is 0.122. The molecule has 5 heteroatoms. The minimum Gasteiger partial charge on any atom is -0.480 e. The summed E-state index contributed by atoms with van der Waals surface area (Å²) < 4.78 is 13.7. The van der Waals surface area contributed by atoms with Crippen molar-refractivity contribution in [3.8, 4) is 0 Å². The molecule has 0 aliphatic rings. The molecule has 0 heterocycles. The van der Waals surface area contributed by atoms with Gasteiger partial charge in [-0.3, -0.25) is 4.79 Å². The van der Waals surface area contributed by atoms with Gasteiger partial charge in [0, 0.05) is 0 Å². The Morgan fingerprint density at radius 2 is 1.80 bits per heavy atom. The number of halogens is 1. The number of hydrogen-bond acceptors (Lipinski definition) is 2. The van der Waals surface area contributed by atoms with Gasteiger partial charge in [-0.05, 0) is 29.5 Å². The Bertz CT molecular complexity index is 512. The minimum atomic E-state index is -1.13. The topological polar surface area (TPSA) is 66.4 Å². The van der Waals surface area contributed by atoms with E-state index >= 15 is 0 Å². The molecule has 0 aromatic heterocycles. The van der Waals surface area contributed by atoms with Gasteiger partial charge in [-0.1, -0.05) is 33.8 Å². The van der Waals surface area contributed by atoms with Crippen LogP contribution in [0.2, 0.25) is 0 Å². The molecule has 20 heavy (non-hydrogen) atoms. The van der Waals surface area contributed by atoms with Gasteiger partial charge in [-0.25, -0.2) is 9.18 Å². The Hall–Kier alpha value is -1.91. The number of amides is 1. The molecule has 0 fully saturated rings. The molecular formula is C15H20FNO3. The molecule has 1 unspecified atom stereocenters. The number of carboxylic acids is 1. The van der Waals surface area contributed by atoms with Gasteiger partial charge in [-0.2, -0.15) is 0 Å². The fourth-order valence-corrected chi connectivity index (χ4v) is 1.81. The Labute approximate surface area is 118 Å². The van der Waals surface area contributed by atoms with Gasteiger partial charge < -0.3 is 10.4 Å². The first-order chi connectivity index (χ1) is 9.23. The van der Waals surface area contributed by atoms with Gasteiger partial charge in [0.05, 0.1) is 5.56 Å². The van der Waals surface area contributed by atoms with Gasteiger partial charge in [0.15, 0.2) is 0 Å². The fourth-order valence-electron chi connectivity index (χ4n) is 1.81. The van der Waals surface area contributed by atoms with Crippen LogP contribution in [-0.4, -0.2) is 23.0 Å². The highest BCUT2D eigenvalue weighted by atomic mass is 19.1. The van der Waals surface area contributed by atoms with Gasteiger partial charge in [0.1, 0.15) is 11.9 Å². The van der Waals surface area contributed by atoms with Crippen molar-refractivity contribution >= 4 is 11.9 Å². The maximum Gasteiger partial charge on any atom is 0.326 e. The normalized spacial score (nSPS) is 12.6. The summed E-state index contributed by atoms with van der Waals surface area (Å²) in [5, 5.41) is 11.4. The fraction of sp³-hybridized carbons (Fsp3) is 0.467. The average molecular weight is 281 g/mol. The number of rotatable bonds is 5. The Kier molecular flexibility index (Phi) is 5.25. The van der Waals surface area contributed by atoms with Crippen LogP contribution in [0.15, 0.2) is 18.2 Å². The second-order valence-electron chi connectivity index (χ2n) is 5.43. The van der Waals surface area contributed by atoms with Crippen LogP contribution in [-0.2, 0) is 4.79 Å². The molecule has 1 amide bonds. The van der Waals surface area contributed by atoms with Crippen LogP contribution in [0.25, 0.3) is 0 Å². The maximum atomic E-state index is 13.7. The molecule has 0 saturated carbocycles. The van der Waals surface area contributed by atoms with E-state index in [9.17, 15) is 14.0 Å². The molecule has 1 aromatic rings. The Morgan fingerprint density at radius 3 is 2.25 bits per heavy atom. The van der Waals surface area contributed by atoms with Crippen LogP contribution in [0.4, 0.5) is 4.39 Å². The number of benzene rings is 1. The summed E-state index contributed by atoms with van der Waals surface area (Å²) in [5.74, 6) is -2.62. The summed E-state index contributed by atoms with van der Waals surface area (Å²) in [5.41, 5.74) is 0.705.